The molecule has 1 amide bonds. The van der Waals surface area contributed by atoms with Gasteiger partial charge in [0.1, 0.15) is 23.7 Å². The van der Waals surface area contributed by atoms with E-state index < -0.39 is 5.60 Å². The van der Waals surface area contributed by atoms with E-state index in [1.807, 2.05) is 20.8 Å². The van der Waals surface area contributed by atoms with Crippen molar-refractivity contribution in [2.24, 2.45) is 0 Å². The van der Waals surface area contributed by atoms with Crippen molar-refractivity contribution in [3.8, 4) is 0 Å². The van der Waals surface area contributed by atoms with E-state index in [4.69, 9.17) is 13.9 Å². The van der Waals surface area contributed by atoms with E-state index >= 15 is 0 Å². The van der Waals surface area contributed by atoms with Crippen LogP contribution in [0, 0.1) is 0 Å². The summed E-state index contributed by atoms with van der Waals surface area (Å²) in [5.74, 6) is 0. The summed E-state index contributed by atoms with van der Waals surface area (Å²) in [6.07, 6.45) is 3.23. The average molecular weight is 268 g/mol. The molecule has 0 aliphatic carbocycles. The Labute approximate surface area is 112 Å². The maximum atomic E-state index is 12.0. The van der Waals surface area contributed by atoms with Gasteiger partial charge in [0.25, 0.3) is 0 Å². The quantitative estimate of drug-likeness (QED) is 0.782. The minimum Gasteiger partial charge on any atom is -0.451 e. The van der Waals surface area contributed by atoms with Crippen LogP contribution in [-0.4, -0.2) is 41.3 Å². The van der Waals surface area contributed by atoms with Crippen molar-refractivity contribution in [1.29, 1.82) is 0 Å². The molecule has 0 aromatic carbocycles. The van der Waals surface area contributed by atoms with E-state index in [1.165, 1.54) is 6.39 Å². The van der Waals surface area contributed by atoms with Crippen LogP contribution in [-0.2, 0) is 9.47 Å². The third-order valence-electron chi connectivity index (χ3n) is 2.77. The van der Waals surface area contributed by atoms with Gasteiger partial charge in [0, 0.05) is 13.1 Å². The Morgan fingerprint density at radius 2 is 2.26 bits per heavy atom. The van der Waals surface area contributed by atoms with Gasteiger partial charge in [-0.25, -0.2) is 9.78 Å². The number of carbonyl (C=O) groups excluding carboxylic acids is 1. The molecule has 1 unspecified atom stereocenters. The summed E-state index contributed by atoms with van der Waals surface area (Å²) in [7, 11) is 0. The lowest BCUT2D eigenvalue weighted by Gasteiger charge is -2.25. The molecule has 6 heteroatoms. The number of hydrogen-bond acceptors (Lipinski definition) is 5. The van der Waals surface area contributed by atoms with E-state index in [-0.39, 0.29) is 12.2 Å². The number of ether oxygens (including phenoxy) is 2. The molecule has 1 atom stereocenters. The smallest absolute Gasteiger partial charge is 0.410 e. The second-order valence-electron chi connectivity index (χ2n) is 5.53. The van der Waals surface area contributed by atoms with Gasteiger partial charge in [-0.05, 0) is 27.2 Å². The Hall–Kier alpha value is -1.56. The van der Waals surface area contributed by atoms with Gasteiger partial charge < -0.3 is 18.8 Å². The van der Waals surface area contributed by atoms with Crippen LogP contribution < -0.4 is 0 Å². The summed E-state index contributed by atoms with van der Waals surface area (Å²) in [4.78, 5) is 17.7. The van der Waals surface area contributed by atoms with Crippen molar-refractivity contribution in [1.82, 2.24) is 9.88 Å². The number of hydrogen-bond donors (Lipinski definition) is 0. The van der Waals surface area contributed by atoms with E-state index in [2.05, 4.69) is 4.98 Å². The first-order valence-corrected chi connectivity index (χ1v) is 6.43. The SMILES string of the molecule is CC(C)(C)OC(=O)N1CCOC(c2cocn2)CC1. The molecule has 1 fully saturated rings. The molecule has 1 aliphatic heterocycles. The topological polar surface area (TPSA) is 64.8 Å². The van der Waals surface area contributed by atoms with Crippen LogP contribution in [0.15, 0.2) is 17.1 Å². The average Bonchev–Trinajstić information content (AvgIpc) is 2.71. The number of amides is 1. The van der Waals surface area contributed by atoms with Gasteiger partial charge >= 0.3 is 6.09 Å². The van der Waals surface area contributed by atoms with Crippen molar-refractivity contribution < 1.29 is 18.7 Å². The second-order valence-corrected chi connectivity index (χ2v) is 5.53. The minimum absolute atomic E-state index is 0.119. The first kappa shape index (κ1) is 13.9. The fraction of sp³-hybridized carbons (Fsp3) is 0.692. The standard InChI is InChI=1S/C13H20N2O4/c1-13(2,3)19-12(16)15-5-4-11(18-7-6-15)10-8-17-9-14-10/h8-9,11H,4-7H2,1-3H3. The number of oxazole rings is 1. The zero-order valence-corrected chi connectivity index (χ0v) is 11.6. The van der Waals surface area contributed by atoms with Gasteiger partial charge in [-0.15, -0.1) is 0 Å². The first-order valence-electron chi connectivity index (χ1n) is 6.43. The zero-order chi connectivity index (χ0) is 13.9. The molecule has 1 saturated heterocycles. The minimum atomic E-state index is -0.476. The Morgan fingerprint density at radius 3 is 2.89 bits per heavy atom. The van der Waals surface area contributed by atoms with E-state index in [0.29, 0.717) is 26.1 Å². The molecule has 0 radical (unpaired) electrons. The predicted octanol–water partition coefficient (Wildman–Crippen LogP) is 2.37. The molecule has 0 saturated carbocycles. The molecule has 2 rings (SSSR count). The van der Waals surface area contributed by atoms with Crippen LogP contribution >= 0.6 is 0 Å². The highest BCUT2D eigenvalue weighted by atomic mass is 16.6. The van der Waals surface area contributed by atoms with E-state index in [0.717, 1.165) is 5.69 Å². The number of rotatable bonds is 1. The highest BCUT2D eigenvalue weighted by molar-refractivity contribution is 5.68. The number of aromatic nitrogens is 1. The lowest BCUT2D eigenvalue weighted by atomic mass is 10.2. The lowest BCUT2D eigenvalue weighted by Crippen LogP contribution is -2.38. The highest BCUT2D eigenvalue weighted by Gasteiger charge is 2.26. The molecule has 1 aliphatic rings. The third-order valence-corrected chi connectivity index (χ3v) is 2.77. The molecular formula is C13H20N2O4. The van der Waals surface area contributed by atoms with Crippen molar-refractivity contribution in [3.63, 3.8) is 0 Å². The van der Waals surface area contributed by atoms with Crippen molar-refractivity contribution in [2.75, 3.05) is 19.7 Å². The lowest BCUT2D eigenvalue weighted by molar-refractivity contribution is 0.0229. The molecule has 106 valence electrons. The third kappa shape index (κ3) is 3.96. The van der Waals surface area contributed by atoms with Gasteiger partial charge in [0.05, 0.1) is 6.61 Å². The maximum Gasteiger partial charge on any atom is 0.410 e. The zero-order valence-electron chi connectivity index (χ0n) is 11.6. The predicted molar refractivity (Wildman–Crippen MR) is 67.6 cm³/mol. The normalized spacial score (nSPS) is 21.0. The molecular weight excluding hydrogens is 248 g/mol. The molecule has 1 aromatic rings. The second kappa shape index (κ2) is 5.61. The molecule has 1 aromatic heterocycles. The van der Waals surface area contributed by atoms with Crippen molar-refractivity contribution in [2.45, 2.75) is 38.9 Å². The molecule has 2 heterocycles. The fourth-order valence-corrected chi connectivity index (χ4v) is 1.90. The monoisotopic (exact) mass is 268 g/mol. The summed E-state index contributed by atoms with van der Waals surface area (Å²) in [6.45, 7) is 7.17. The van der Waals surface area contributed by atoms with Crippen molar-refractivity contribution >= 4 is 6.09 Å². The van der Waals surface area contributed by atoms with Crippen LogP contribution in [0.2, 0.25) is 0 Å². The number of carbonyl (C=O) groups is 1. The maximum absolute atomic E-state index is 12.0. The van der Waals surface area contributed by atoms with Gasteiger partial charge in [0.2, 0.25) is 0 Å². The molecule has 0 N–H and O–H groups in total. The van der Waals surface area contributed by atoms with Crippen LogP contribution in [0.5, 0.6) is 0 Å². The summed E-state index contributed by atoms with van der Waals surface area (Å²) >= 11 is 0. The van der Waals surface area contributed by atoms with Gasteiger partial charge in [-0.2, -0.15) is 0 Å². The fourth-order valence-electron chi connectivity index (χ4n) is 1.90. The van der Waals surface area contributed by atoms with Crippen molar-refractivity contribution in [3.05, 3.63) is 18.4 Å². The summed E-state index contributed by atoms with van der Waals surface area (Å²) in [5.41, 5.74) is 0.293. The largest absolute Gasteiger partial charge is 0.451 e. The Morgan fingerprint density at radius 1 is 1.47 bits per heavy atom. The van der Waals surface area contributed by atoms with Crippen LogP contribution in [0.25, 0.3) is 0 Å². The van der Waals surface area contributed by atoms with Crippen LogP contribution in [0.4, 0.5) is 4.79 Å². The van der Waals surface area contributed by atoms with E-state index in [9.17, 15) is 4.79 Å². The van der Waals surface area contributed by atoms with Gasteiger partial charge in [0.15, 0.2) is 6.39 Å². The number of nitrogens with zero attached hydrogens (tertiary/aromatic N) is 2. The van der Waals surface area contributed by atoms with Gasteiger partial charge in [-0.1, -0.05) is 0 Å². The molecule has 0 bridgehead atoms. The molecule has 19 heavy (non-hydrogen) atoms. The summed E-state index contributed by atoms with van der Waals surface area (Å²) < 4.78 is 16.0. The van der Waals surface area contributed by atoms with Gasteiger partial charge in [-0.3, -0.25) is 0 Å². The summed E-state index contributed by atoms with van der Waals surface area (Å²) in [6, 6.07) is 0. The van der Waals surface area contributed by atoms with E-state index in [1.54, 1.807) is 11.2 Å². The molecule has 0 spiro atoms. The Bertz CT molecular complexity index is 411. The molecule has 6 nitrogen and oxygen atoms in total. The Kier molecular flexibility index (Phi) is 4.09. The Balaban J connectivity index is 1.91. The summed E-state index contributed by atoms with van der Waals surface area (Å²) in [5, 5.41) is 0. The highest BCUT2D eigenvalue weighted by Crippen LogP contribution is 2.23. The first-order chi connectivity index (χ1) is 8.96. The van der Waals surface area contributed by atoms with Crippen LogP contribution in [0.3, 0.4) is 0 Å². The van der Waals surface area contributed by atoms with Crippen LogP contribution in [0.1, 0.15) is 39.0 Å².